The van der Waals surface area contributed by atoms with E-state index in [9.17, 15) is 4.79 Å². The third kappa shape index (κ3) is 3.76. The molecule has 0 fully saturated rings. The number of nitrogens with one attached hydrogen (secondary N) is 1. The average Bonchev–Trinajstić information content (AvgIpc) is 2.94. The molecule has 0 bridgehead atoms. The molecule has 1 aromatic heterocycles. The lowest BCUT2D eigenvalue weighted by Gasteiger charge is -1.99. The summed E-state index contributed by atoms with van der Waals surface area (Å²) in [6.45, 7) is 1.92. The molecule has 1 aromatic carbocycles. The van der Waals surface area contributed by atoms with Gasteiger partial charge in [-0.05, 0) is 12.5 Å². The molecule has 0 unspecified atom stereocenters. The highest BCUT2D eigenvalue weighted by molar-refractivity contribution is 7.17. The fraction of sp³-hybridized carbons (Fsp3) is 0.214. The lowest BCUT2D eigenvalue weighted by Crippen LogP contribution is -2.01. The van der Waals surface area contributed by atoms with E-state index in [2.05, 4.69) is 15.5 Å². The number of halogens is 2. The Kier molecular flexibility index (Phi) is 5.76. The second-order valence-corrected chi connectivity index (χ2v) is 5.94. The van der Waals surface area contributed by atoms with E-state index in [-0.39, 0.29) is 0 Å². The third-order valence-corrected chi connectivity index (χ3v) is 4.56. The highest BCUT2D eigenvalue weighted by Crippen LogP contribution is 2.25. The van der Waals surface area contributed by atoms with E-state index >= 15 is 0 Å². The Morgan fingerprint density at radius 1 is 1.50 bits per heavy atom. The third-order valence-electron chi connectivity index (χ3n) is 2.75. The molecule has 2 aromatic rings. The highest BCUT2D eigenvalue weighted by Gasteiger charge is 2.17. The number of hydrogen-bond acceptors (Lipinski definition) is 6. The maximum absolute atomic E-state index is 11.6. The molecule has 0 saturated heterocycles. The van der Waals surface area contributed by atoms with Gasteiger partial charge < -0.3 is 4.74 Å². The molecule has 1 heterocycles. The van der Waals surface area contributed by atoms with Crippen LogP contribution < -0.4 is 5.43 Å². The number of nitrogens with zero attached hydrogens (tertiary/aromatic N) is 2. The number of thiazole rings is 1. The minimum atomic E-state index is -0.399. The summed E-state index contributed by atoms with van der Waals surface area (Å²) in [7, 11) is 1.34. The number of methoxy groups -OCH3 is 1. The number of anilines is 1. The Labute approximate surface area is 141 Å². The largest absolute Gasteiger partial charge is 0.465 e. The fourth-order valence-corrected chi connectivity index (χ4v) is 2.95. The molecule has 0 aliphatic carbocycles. The number of carbonyl (C=O) groups is 1. The van der Waals surface area contributed by atoms with Crippen LogP contribution in [0, 0.1) is 0 Å². The van der Waals surface area contributed by atoms with E-state index in [0.29, 0.717) is 37.7 Å². The quantitative estimate of drug-likeness (QED) is 0.493. The molecule has 0 saturated carbocycles. The number of aryl methyl sites for hydroxylation is 1. The lowest BCUT2D eigenvalue weighted by atomic mass is 10.2. The summed E-state index contributed by atoms with van der Waals surface area (Å²) >= 11 is 13.2. The number of hydrogen-bond donors (Lipinski definition) is 1. The zero-order valence-electron chi connectivity index (χ0n) is 11.9. The van der Waals surface area contributed by atoms with Gasteiger partial charge in [0.15, 0.2) is 0 Å². The summed E-state index contributed by atoms with van der Waals surface area (Å²) in [5, 5.41) is 5.46. The molecule has 116 valence electrons. The normalized spacial score (nSPS) is 10.9. The number of ether oxygens (including phenoxy) is 1. The zero-order valence-corrected chi connectivity index (χ0v) is 14.2. The second kappa shape index (κ2) is 7.58. The molecule has 0 atom stereocenters. The molecule has 0 amide bonds. The van der Waals surface area contributed by atoms with E-state index in [1.807, 2.05) is 6.92 Å². The number of carbonyl (C=O) groups excluding carboxylic acids is 1. The first-order valence-corrected chi connectivity index (χ1v) is 7.95. The Morgan fingerprint density at radius 3 is 2.95 bits per heavy atom. The number of rotatable bonds is 5. The number of hydrazone groups is 1. The molecule has 2 rings (SSSR count). The summed E-state index contributed by atoms with van der Waals surface area (Å²) in [5.74, 6) is -0.399. The molecular weight excluding hydrogens is 345 g/mol. The SMILES string of the molecule is CCc1nc(N/N=C\c2cccc(Cl)c2Cl)sc1C(=O)OC. The van der Waals surface area contributed by atoms with Crippen LogP contribution in [0.15, 0.2) is 23.3 Å². The van der Waals surface area contributed by atoms with E-state index < -0.39 is 5.97 Å². The van der Waals surface area contributed by atoms with Crippen molar-refractivity contribution < 1.29 is 9.53 Å². The van der Waals surface area contributed by atoms with Crippen LogP contribution in [0.5, 0.6) is 0 Å². The van der Waals surface area contributed by atoms with Crippen molar-refractivity contribution in [2.24, 2.45) is 5.10 Å². The minimum Gasteiger partial charge on any atom is -0.465 e. The van der Waals surface area contributed by atoms with Crippen LogP contribution in [0.1, 0.15) is 27.9 Å². The Morgan fingerprint density at radius 2 is 2.27 bits per heavy atom. The van der Waals surface area contributed by atoms with Crippen LogP contribution in [-0.2, 0) is 11.2 Å². The molecule has 1 N–H and O–H groups in total. The van der Waals surface area contributed by atoms with Crippen molar-refractivity contribution in [3.63, 3.8) is 0 Å². The van der Waals surface area contributed by atoms with Gasteiger partial charge in [-0.1, -0.05) is 53.6 Å². The average molecular weight is 358 g/mol. The summed E-state index contributed by atoms with van der Waals surface area (Å²) in [5.41, 5.74) is 4.14. The number of benzene rings is 1. The van der Waals surface area contributed by atoms with Crippen LogP contribution >= 0.6 is 34.5 Å². The van der Waals surface area contributed by atoms with Crippen molar-refractivity contribution in [1.82, 2.24) is 4.98 Å². The Bertz CT molecular complexity index is 716. The topological polar surface area (TPSA) is 63.6 Å². The van der Waals surface area contributed by atoms with Crippen molar-refractivity contribution >= 4 is 51.9 Å². The Balaban J connectivity index is 2.14. The van der Waals surface area contributed by atoms with Gasteiger partial charge in [-0.25, -0.2) is 9.78 Å². The molecule has 0 spiro atoms. The maximum atomic E-state index is 11.6. The predicted molar refractivity (Wildman–Crippen MR) is 90.5 cm³/mol. The van der Waals surface area contributed by atoms with Crippen molar-refractivity contribution in [1.29, 1.82) is 0 Å². The van der Waals surface area contributed by atoms with E-state index in [1.54, 1.807) is 24.4 Å². The van der Waals surface area contributed by atoms with Crippen LogP contribution in [0.3, 0.4) is 0 Å². The van der Waals surface area contributed by atoms with Crippen molar-refractivity contribution in [3.8, 4) is 0 Å². The van der Waals surface area contributed by atoms with Crippen molar-refractivity contribution in [2.75, 3.05) is 12.5 Å². The van der Waals surface area contributed by atoms with Crippen molar-refractivity contribution in [3.05, 3.63) is 44.4 Å². The summed E-state index contributed by atoms with van der Waals surface area (Å²) in [4.78, 5) is 16.4. The smallest absolute Gasteiger partial charge is 0.350 e. The minimum absolute atomic E-state index is 0.399. The van der Waals surface area contributed by atoms with E-state index in [0.717, 1.165) is 0 Å². The number of esters is 1. The van der Waals surface area contributed by atoms with Gasteiger partial charge in [-0.3, -0.25) is 5.43 Å². The molecule has 0 radical (unpaired) electrons. The van der Waals surface area contributed by atoms with Crippen LogP contribution in [0.2, 0.25) is 10.0 Å². The molecule has 5 nitrogen and oxygen atoms in total. The predicted octanol–water partition coefficient (Wildman–Crippen LogP) is 4.24. The van der Waals surface area contributed by atoms with Crippen molar-refractivity contribution in [2.45, 2.75) is 13.3 Å². The molecule has 22 heavy (non-hydrogen) atoms. The van der Waals surface area contributed by atoms with Gasteiger partial charge in [0, 0.05) is 5.56 Å². The number of aromatic nitrogens is 1. The van der Waals surface area contributed by atoms with Gasteiger partial charge in [0.25, 0.3) is 0 Å². The first kappa shape index (κ1) is 16.7. The van der Waals surface area contributed by atoms with Crippen LogP contribution in [0.25, 0.3) is 0 Å². The Hall–Kier alpha value is -1.63. The van der Waals surface area contributed by atoms with E-state index in [1.165, 1.54) is 18.4 Å². The first-order chi connectivity index (χ1) is 10.6. The van der Waals surface area contributed by atoms with Crippen LogP contribution in [-0.4, -0.2) is 24.3 Å². The monoisotopic (exact) mass is 357 g/mol. The van der Waals surface area contributed by atoms with Gasteiger partial charge >= 0.3 is 5.97 Å². The zero-order chi connectivity index (χ0) is 16.1. The molecule has 0 aliphatic heterocycles. The van der Waals surface area contributed by atoms with Gasteiger partial charge in [0.05, 0.1) is 29.1 Å². The fourth-order valence-electron chi connectivity index (χ4n) is 1.67. The molecule has 8 heteroatoms. The summed E-state index contributed by atoms with van der Waals surface area (Å²) in [6.07, 6.45) is 2.17. The summed E-state index contributed by atoms with van der Waals surface area (Å²) < 4.78 is 4.73. The van der Waals surface area contributed by atoms with E-state index in [4.69, 9.17) is 27.9 Å². The van der Waals surface area contributed by atoms with Gasteiger partial charge in [-0.15, -0.1) is 0 Å². The molecular formula is C14H13Cl2N3O2S. The first-order valence-electron chi connectivity index (χ1n) is 6.38. The van der Waals surface area contributed by atoms with Crippen LogP contribution in [0.4, 0.5) is 5.13 Å². The molecule has 0 aliphatic rings. The standard InChI is InChI=1S/C14H13Cl2N3O2S/c1-3-10-12(13(20)21-2)22-14(18-10)19-17-7-8-5-4-6-9(15)11(8)16/h4-7H,3H2,1-2H3,(H,18,19)/b17-7-. The summed E-state index contributed by atoms with van der Waals surface area (Å²) in [6, 6.07) is 5.27. The van der Waals surface area contributed by atoms with Gasteiger partial charge in [0.1, 0.15) is 4.88 Å². The lowest BCUT2D eigenvalue weighted by molar-refractivity contribution is 0.0605. The van der Waals surface area contributed by atoms with Gasteiger partial charge in [0.2, 0.25) is 5.13 Å². The maximum Gasteiger partial charge on any atom is 0.350 e. The highest BCUT2D eigenvalue weighted by atomic mass is 35.5. The van der Waals surface area contributed by atoms with Gasteiger partial charge in [-0.2, -0.15) is 5.10 Å². The second-order valence-electron chi connectivity index (χ2n) is 4.15.